The molecule has 0 saturated carbocycles. The number of nitrogens with one attached hydrogen (secondary N) is 1. The van der Waals surface area contributed by atoms with E-state index in [0.717, 1.165) is 27.7 Å². The van der Waals surface area contributed by atoms with Crippen molar-refractivity contribution in [3.63, 3.8) is 0 Å². The lowest BCUT2D eigenvalue weighted by molar-refractivity contribution is 0.0691. The van der Waals surface area contributed by atoms with Gasteiger partial charge in [0.15, 0.2) is 0 Å². The number of aromatic carboxylic acids is 1. The van der Waals surface area contributed by atoms with Gasteiger partial charge in [-0.2, -0.15) is 0 Å². The van der Waals surface area contributed by atoms with Gasteiger partial charge < -0.3 is 19.4 Å². The lowest BCUT2D eigenvalue weighted by Crippen LogP contribution is -1.96. The van der Waals surface area contributed by atoms with E-state index < -0.39 is 5.97 Å². The van der Waals surface area contributed by atoms with E-state index in [1.54, 1.807) is 13.2 Å². The molecule has 0 radical (unpaired) electrons. The van der Waals surface area contributed by atoms with Gasteiger partial charge in [0.1, 0.15) is 11.4 Å². The molecular formula is C13H12N2O3. The van der Waals surface area contributed by atoms with Crippen LogP contribution in [0.1, 0.15) is 10.5 Å². The zero-order valence-corrected chi connectivity index (χ0v) is 10.0. The normalized spacial score (nSPS) is 11.2. The van der Waals surface area contributed by atoms with Crippen molar-refractivity contribution in [2.75, 3.05) is 7.11 Å². The second-order valence-electron chi connectivity index (χ2n) is 4.16. The Labute approximate surface area is 103 Å². The van der Waals surface area contributed by atoms with Gasteiger partial charge in [-0.1, -0.05) is 12.1 Å². The number of fused-ring (bicyclic) bond motifs is 3. The Hall–Kier alpha value is -2.43. The lowest BCUT2D eigenvalue weighted by atomic mass is 10.2. The summed E-state index contributed by atoms with van der Waals surface area (Å²) >= 11 is 0. The summed E-state index contributed by atoms with van der Waals surface area (Å²) in [7, 11) is 3.52. The highest BCUT2D eigenvalue weighted by Gasteiger charge is 2.16. The lowest BCUT2D eigenvalue weighted by Gasteiger charge is -2.04. The Balaban J connectivity index is 2.46. The Kier molecular flexibility index (Phi) is 2.10. The maximum Gasteiger partial charge on any atom is 0.352 e. The zero-order chi connectivity index (χ0) is 12.9. The molecule has 2 aromatic heterocycles. The molecule has 18 heavy (non-hydrogen) atoms. The second-order valence-corrected chi connectivity index (χ2v) is 4.16. The Morgan fingerprint density at radius 1 is 1.44 bits per heavy atom. The third kappa shape index (κ3) is 1.24. The average molecular weight is 244 g/mol. The third-order valence-electron chi connectivity index (χ3n) is 3.21. The van der Waals surface area contributed by atoms with Gasteiger partial charge in [0.2, 0.25) is 0 Å². The molecule has 92 valence electrons. The molecule has 0 unspecified atom stereocenters. The van der Waals surface area contributed by atoms with Crippen LogP contribution in [0.25, 0.3) is 21.9 Å². The first kappa shape index (κ1) is 10.7. The van der Waals surface area contributed by atoms with Crippen LogP contribution >= 0.6 is 0 Å². The number of rotatable bonds is 2. The average Bonchev–Trinajstić information content (AvgIpc) is 2.90. The van der Waals surface area contributed by atoms with Crippen LogP contribution in [0, 0.1) is 0 Å². The first-order valence-electron chi connectivity index (χ1n) is 5.51. The molecule has 0 aliphatic rings. The summed E-state index contributed by atoms with van der Waals surface area (Å²) in [5, 5.41) is 9.96. The summed E-state index contributed by atoms with van der Waals surface area (Å²) in [4.78, 5) is 13.9. The number of aromatic amines is 1. The van der Waals surface area contributed by atoms with Crippen LogP contribution in [0.3, 0.4) is 0 Å². The maximum absolute atomic E-state index is 11.0. The molecule has 5 heteroatoms. The summed E-state index contributed by atoms with van der Waals surface area (Å²) in [5.74, 6) is -0.182. The first-order chi connectivity index (χ1) is 8.63. The van der Waals surface area contributed by atoms with Crippen LogP contribution in [0.4, 0.5) is 0 Å². The quantitative estimate of drug-likeness (QED) is 0.727. The highest BCUT2D eigenvalue weighted by molar-refractivity contribution is 6.10. The first-order valence-corrected chi connectivity index (χ1v) is 5.51. The SMILES string of the molecule is COc1cccc2c3[nH]c(C(=O)O)cc3n(C)c12. The predicted octanol–water partition coefficient (Wildman–Crippen LogP) is 2.37. The molecule has 0 amide bonds. The van der Waals surface area contributed by atoms with Crippen molar-refractivity contribution in [1.82, 2.24) is 9.55 Å². The Bertz CT molecular complexity index is 767. The number of carboxylic acid groups (broad SMARTS) is 1. The number of H-pyrrole nitrogens is 1. The van der Waals surface area contributed by atoms with Gasteiger partial charge >= 0.3 is 5.97 Å². The number of hydrogen-bond acceptors (Lipinski definition) is 2. The summed E-state index contributed by atoms with van der Waals surface area (Å²) < 4.78 is 7.27. The van der Waals surface area contributed by atoms with E-state index in [-0.39, 0.29) is 5.69 Å². The molecule has 0 fully saturated rings. The van der Waals surface area contributed by atoms with Crippen molar-refractivity contribution in [3.05, 3.63) is 30.0 Å². The number of ether oxygens (including phenoxy) is 1. The van der Waals surface area contributed by atoms with Crippen molar-refractivity contribution in [2.24, 2.45) is 7.05 Å². The number of aromatic nitrogens is 2. The van der Waals surface area contributed by atoms with Gasteiger partial charge in [-0.15, -0.1) is 0 Å². The van der Waals surface area contributed by atoms with Crippen molar-refractivity contribution >= 4 is 27.9 Å². The zero-order valence-electron chi connectivity index (χ0n) is 10.0. The summed E-state index contributed by atoms with van der Waals surface area (Å²) in [5.41, 5.74) is 2.83. The summed E-state index contributed by atoms with van der Waals surface area (Å²) in [6, 6.07) is 7.36. The van der Waals surface area contributed by atoms with Crippen molar-refractivity contribution in [3.8, 4) is 5.75 Å². The van der Waals surface area contributed by atoms with Crippen molar-refractivity contribution in [1.29, 1.82) is 0 Å². The van der Waals surface area contributed by atoms with E-state index >= 15 is 0 Å². The van der Waals surface area contributed by atoms with Crippen LogP contribution < -0.4 is 4.74 Å². The van der Waals surface area contributed by atoms with Crippen LogP contribution in [0.2, 0.25) is 0 Å². The van der Waals surface area contributed by atoms with E-state index in [1.807, 2.05) is 29.8 Å². The molecule has 1 aromatic carbocycles. The fourth-order valence-corrected chi connectivity index (χ4v) is 2.38. The smallest absolute Gasteiger partial charge is 0.352 e. The number of benzene rings is 1. The molecular weight excluding hydrogens is 232 g/mol. The van der Waals surface area contributed by atoms with E-state index in [4.69, 9.17) is 9.84 Å². The standard InChI is InChI=1S/C13H12N2O3/c1-15-9-6-8(13(16)17)14-11(9)7-4-3-5-10(18-2)12(7)15/h3-6,14H,1-2H3,(H,16,17). The van der Waals surface area contributed by atoms with Crippen molar-refractivity contribution < 1.29 is 14.6 Å². The summed E-state index contributed by atoms with van der Waals surface area (Å²) in [6.45, 7) is 0. The molecule has 0 atom stereocenters. The largest absolute Gasteiger partial charge is 0.495 e. The van der Waals surface area contributed by atoms with E-state index in [9.17, 15) is 4.79 Å². The van der Waals surface area contributed by atoms with Crippen LogP contribution in [-0.4, -0.2) is 27.7 Å². The van der Waals surface area contributed by atoms with Crippen LogP contribution in [0.15, 0.2) is 24.3 Å². The molecule has 0 spiro atoms. The van der Waals surface area contributed by atoms with Gasteiger partial charge in [-0.25, -0.2) is 4.79 Å². The molecule has 3 rings (SSSR count). The molecule has 3 aromatic rings. The molecule has 0 aliphatic heterocycles. The topological polar surface area (TPSA) is 67.2 Å². The minimum atomic E-state index is -0.956. The number of nitrogens with zero attached hydrogens (tertiary/aromatic N) is 1. The molecule has 5 nitrogen and oxygen atoms in total. The number of carboxylic acids is 1. The van der Waals surface area contributed by atoms with Gasteiger partial charge in [-0.3, -0.25) is 0 Å². The maximum atomic E-state index is 11.0. The number of hydrogen-bond donors (Lipinski definition) is 2. The Morgan fingerprint density at radius 3 is 2.89 bits per heavy atom. The molecule has 0 saturated heterocycles. The molecule has 2 N–H and O–H groups in total. The van der Waals surface area contributed by atoms with Crippen LogP contribution in [-0.2, 0) is 7.05 Å². The highest BCUT2D eigenvalue weighted by atomic mass is 16.5. The van der Waals surface area contributed by atoms with Gasteiger partial charge in [0.25, 0.3) is 0 Å². The fraction of sp³-hybridized carbons (Fsp3) is 0.154. The van der Waals surface area contributed by atoms with Crippen LogP contribution in [0.5, 0.6) is 5.75 Å². The van der Waals surface area contributed by atoms with Gasteiger partial charge in [-0.05, 0) is 12.1 Å². The number of carbonyl (C=O) groups is 1. The van der Waals surface area contributed by atoms with E-state index in [2.05, 4.69) is 4.98 Å². The third-order valence-corrected chi connectivity index (χ3v) is 3.21. The van der Waals surface area contributed by atoms with Gasteiger partial charge in [0.05, 0.1) is 23.7 Å². The van der Waals surface area contributed by atoms with E-state index in [1.165, 1.54) is 0 Å². The number of aryl methyl sites for hydroxylation is 1. The predicted molar refractivity (Wildman–Crippen MR) is 68.3 cm³/mol. The van der Waals surface area contributed by atoms with E-state index in [0.29, 0.717) is 0 Å². The molecule has 2 heterocycles. The van der Waals surface area contributed by atoms with Crippen molar-refractivity contribution in [2.45, 2.75) is 0 Å². The second kappa shape index (κ2) is 3.53. The molecule has 0 aliphatic carbocycles. The highest BCUT2D eigenvalue weighted by Crippen LogP contribution is 2.33. The fourth-order valence-electron chi connectivity index (χ4n) is 2.38. The summed E-state index contributed by atoms with van der Waals surface area (Å²) in [6.07, 6.45) is 0. The minimum Gasteiger partial charge on any atom is -0.495 e. The number of para-hydroxylation sites is 1. The monoisotopic (exact) mass is 244 g/mol. The molecule has 0 bridgehead atoms. The minimum absolute atomic E-state index is 0.195. The number of methoxy groups -OCH3 is 1. The Morgan fingerprint density at radius 2 is 2.22 bits per heavy atom. The van der Waals surface area contributed by atoms with Gasteiger partial charge in [0, 0.05) is 12.4 Å².